The zero-order valence-corrected chi connectivity index (χ0v) is 15.7. The van der Waals surface area contributed by atoms with E-state index in [4.69, 9.17) is 9.05 Å². The van der Waals surface area contributed by atoms with E-state index in [0.29, 0.717) is 6.61 Å². The first kappa shape index (κ1) is 18.3. The maximum atomic E-state index is 13.4. The summed E-state index contributed by atoms with van der Waals surface area (Å²) in [5, 5.41) is 0.771. The van der Waals surface area contributed by atoms with Crippen molar-refractivity contribution in [1.29, 1.82) is 0 Å². The van der Waals surface area contributed by atoms with Gasteiger partial charge in [0.05, 0.1) is 11.9 Å². The minimum absolute atomic E-state index is 0.385. The fourth-order valence-electron chi connectivity index (χ4n) is 3.08. The van der Waals surface area contributed by atoms with Gasteiger partial charge in [0.1, 0.15) is 5.76 Å². The molecule has 3 nitrogen and oxygen atoms in total. The van der Waals surface area contributed by atoms with Gasteiger partial charge in [0, 0.05) is 6.42 Å². The van der Waals surface area contributed by atoms with Gasteiger partial charge in [-0.15, -0.1) is 0 Å². The predicted molar refractivity (Wildman–Crippen MR) is 97.1 cm³/mol. The van der Waals surface area contributed by atoms with E-state index in [1.165, 1.54) is 5.57 Å². The molecule has 0 amide bonds. The molecule has 0 saturated heterocycles. The van der Waals surface area contributed by atoms with Gasteiger partial charge in [0.2, 0.25) is 0 Å². The first-order valence-corrected chi connectivity index (χ1v) is 10.4. The molecule has 1 unspecified atom stereocenters. The second-order valence-electron chi connectivity index (χ2n) is 6.09. The van der Waals surface area contributed by atoms with Crippen molar-refractivity contribution in [3.05, 3.63) is 35.1 Å². The van der Waals surface area contributed by atoms with Crippen LogP contribution in [0.3, 0.4) is 0 Å². The number of fused-ring (bicyclic) bond motifs is 1. The maximum Gasteiger partial charge on any atom is 0.411 e. The molecule has 23 heavy (non-hydrogen) atoms. The molecular weight excluding hydrogens is 307 g/mol. The topological polar surface area (TPSA) is 35.5 Å². The Labute approximate surface area is 140 Å². The van der Waals surface area contributed by atoms with Crippen molar-refractivity contribution in [2.75, 3.05) is 6.61 Å². The van der Waals surface area contributed by atoms with Crippen LogP contribution in [-0.2, 0) is 13.6 Å². The number of unbranched alkanes of at least 4 members (excludes halogenated alkanes) is 2. The van der Waals surface area contributed by atoms with Gasteiger partial charge in [0.15, 0.2) is 0 Å². The minimum Gasteiger partial charge on any atom is -0.425 e. The Morgan fingerprint density at radius 2 is 1.78 bits per heavy atom. The van der Waals surface area contributed by atoms with Crippen molar-refractivity contribution >= 4 is 18.5 Å². The molecule has 0 radical (unpaired) electrons. The van der Waals surface area contributed by atoms with Crippen molar-refractivity contribution in [2.24, 2.45) is 0 Å². The molecule has 1 aliphatic rings. The SMILES string of the molecule is CCCCC1=C(CCCC)c2cccc(C)c2P(=O)(OCC)O1. The van der Waals surface area contributed by atoms with Gasteiger partial charge >= 0.3 is 7.60 Å². The Morgan fingerprint density at radius 3 is 2.43 bits per heavy atom. The highest BCUT2D eigenvalue weighted by atomic mass is 31.2. The number of benzene rings is 1. The molecule has 0 aromatic heterocycles. The quantitative estimate of drug-likeness (QED) is 0.548. The first-order chi connectivity index (χ1) is 11.1. The van der Waals surface area contributed by atoms with Crippen LogP contribution < -0.4 is 5.30 Å². The first-order valence-electron chi connectivity index (χ1n) is 8.84. The normalized spacial score (nSPS) is 20.3. The predicted octanol–water partition coefficient (Wildman–Crippen LogP) is 5.97. The van der Waals surface area contributed by atoms with Crippen LogP contribution in [0.15, 0.2) is 24.0 Å². The minimum atomic E-state index is -3.26. The summed E-state index contributed by atoms with van der Waals surface area (Å²) >= 11 is 0. The van der Waals surface area contributed by atoms with Crippen LogP contribution in [0.5, 0.6) is 0 Å². The summed E-state index contributed by atoms with van der Waals surface area (Å²) in [6.07, 6.45) is 6.18. The van der Waals surface area contributed by atoms with Crippen LogP contribution in [-0.4, -0.2) is 6.61 Å². The molecular formula is C19H29O3P. The van der Waals surface area contributed by atoms with Gasteiger partial charge in [-0.25, -0.2) is 4.57 Å². The summed E-state index contributed by atoms with van der Waals surface area (Å²) < 4.78 is 25.1. The van der Waals surface area contributed by atoms with Crippen LogP contribution in [0.25, 0.3) is 5.57 Å². The summed E-state index contributed by atoms with van der Waals surface area (Å²) in [5.41, 5.74) is 3.29. The molecule has 4 heteroatoms. The Hall–Kier alpha value is -1.05. The molecule has 1 aromatic carbocycles. The molecule has 2 rings (SSSR count). The van der Waals surface area contributed by atoms with E-state index in [9.17, 15) is 4.57 Å². The van der Waals surface area contributed by atoms with Crippen molar-refractivity contribution in [3.8, 4) is 0 Å². The number of allylic oxidation sites excluding steroid dienone is 2. The van der Waals surface area contributed by atoms with Gasteiger partial charge in [-0.2, -0.15) is 0 Å². The zero-order valence-electron chi connectivity index (χ0n) is 14.9. The summed E-state index contributed by atoms with van der Waals surface area (Å²) in [6, 6.07) is 6.11. The van der Waals surface area contributed by atoms with Crippen LogP contribution in [0.1, 0.15) is 70.4 Å². The third-order valence-corrected chi connectivity index (χ3v) is 6.44. The molecule has 0 N–H and O–H groups in total. The van der Waals surface area contributed by atoms with E-state index in [-0.39, 0.29) is 0 Å². The molecule has 1 aliphatic heterocycles. The highest BCUT2D eigenvalue weighted by molar-refractivity contribution is 7.62. The van der Waals surface area contributed by atoms with Crippen molar-refractivity contribution < 1.29 is 13.6 Å². The van der Waals surface area contributed by atoms with Gasteiger partial charge in [-0.3, -0.25) is 4.52 Å². The number of aryl methyl sites for hydroxylation is 1. The van der Waals surface area contributed by atoms with Crippen LogP contribution in [0, 0.1) is 6.92 Å². The molecule has 0 aliphatic carbocycles. The smallest absolute Gasteiger partial charge is 0.411 e. The van der Waals surface area contributed by atoms with Crippen LogP contribution in [0.4, 0.5) is 0 Å². The molecule has 128 valence electrons. The van der Waals surface area contributed by atoms with Crippen LogP contribution >= 0.6 is 7.60 Å². The monoisotopic (exact) mass is 336 g/mol. The zero-order chi connectivity index (χ0) is 16.9. The second-order valence-corrected chi connectivity index (χ2v) is 7.97. The third-order valence-electron chi connectivity index (χ3n) is 4.24. The molecule has 1 atom stereocenters. The molecule has 0 bridgehead atoms. The average molecular weight is 336 g/mol. The van der Waals surface area contributed by atoms with Gasteiger partial charge in [-0.05, 0) is 49.8 Å². The Kier molecular flexibility index (Phi) is 6.50. The fraction of sp³-hybridized carbons (Fsp3) is 0.579. The van der Waals surface area contributed by atoms with E-state index in [1.807, 2.05) is 26.0 Å². The number of rotatable bonds is 8. The van der Waals surface area contributed by atoms with Gasteiger partial charge in [0.25, 0.3) is 0 Å². The number of hydrogen-bond donors (Lipinski definition) is 0. The second kappa shape index (κ2) is 8.17. The number of hydrogen-bond acceptors (Lipinski definition) is 3. The van der Waals surface area contributed by atoms with Crippen molar-refractivity contribution in [1.82, 2.24) is 0 Å². The summed E-state index contributed by atoms with van der Waals surface area (Å²) in [5.74, 6) is 0.884. The maximum absolute atomic E-state index is 13.4. The molecule has 0 spiro atoms. The highest BCUT2D eigenvalue weighted by Gasteiger charge is 2.39. The fourth-order valence-corrected chi connectivity index (χ4v) is 5.20. The van der Waals surface area contributed by atoms with E-state index < -0.39 is 7.60 Å². The van der Waals surface area contributed by atoms with Gasteiger partial charge in [-0.1, -0.05) is 44.9 Å². The van der Waals surface area contributed by atoms with E-state index >= 15 is 0 Å². The summed E-state index contributed by atoms with van der Waals surface area (Å²) in [7, 11) is -3.26. The summed E-state index contributed by atoms with van der Waals surface area (Å²) in [4.78, 5) is 0. The third kappa shape index (κ3) is 3.89. The van der Waals surface area contributed by atoms with E-state index in [1.54, 1.807) is 0 Å². The van der Waals surface area contributed by atoms with Crippen molar-refractivity contribution in [2.45, 2.75) is 66.2 Å². The highest BCUT2D eigenvalue weighted by Crippen LogP contribution is 2.56. The average Bonchev–Trinajstić information content (AvgIpc) is 2.52. The lowest BCUT2D eigenvalue weighted by molar-refractivity contribution is 0.253. The lowest BCUT2D eigenvalue weighted by atomic mass is 9.95. The Morgan fingerprint density at radius 1 is 1.09 bits per heavy atom. The lowest BCUT2D eigenvalue weighted by Crippen LogP contribution is -2.23. The standard InChI is InChI=1S/C19H29O3P/c1-5-8-12-16-17-13-10-11-15(4)19(17)23(20,21-7-3)22-18(16)14-9-6-2/h10-11,13H,5-9,12,14H2,1-4H3. The van der Waals surface area contributed by atoms with E-state index in [2.05, 4.69) is 19.9 Å². The van der Waals surface area contributed by atoms with E-state index in [0.717, 1.165) is 60.7 Å². The Bertz CT molecular complexity index is 619. The largest absolute Gasteiger partial charge is 0.425 e. The lowest BCUT2D eigenvalue weighted by Gasteiger charge is -2.31. The van der Waals surface area contributed by atoms with Crippen LogP contribution in [0.2, 0.25) is 0 Å². The molecule has 1 aromatic rings. The summed E-state index contributed by atoms with van der Waals surface area (Å²) in [6.45, 7) is 8.59. The molecule has 0 saturated carbocycles. The van der Waals surface area contributed by atoms with Crippen molar-refractivity contribution in [3.63, 3.8) is 0 Å². The Balaban J connectivity index is 2.57. The molecule has 0 fully saturated rings. The molecule has 1 heterocycles. The van der Waals surface area contributed by atoms with Gasteiger partial charge < -0.3 is 4.52 Å².